The van der Waals surface area contributed by atoms with Gasteiger partial charge < -0.3 is 14.6 Å². The van der Waals surface area contributed by atoms with E-state index in [-0.39, 0.29) is 13.1 Å². The van der Waals surface area contributed by atoms with Gasteiger partial charge in [-0.25, -0.2) is 4.98 Å². The van der Waals surface area contributed by atoms with Crippen LogP contribution >= 0.6 is 11.6 Å². The first-order valence-corrected chi connectivity index (χ1v) is 8.26. The van der Waals surface area contributed by atoms with Crippen LogP contribution < -0.4 is 0 Å². The summed E-state index contributed by atoms with van der Waals surface area (Å²) < 4.78 is 41.8. The molecule has 142 valence electrons. The molecule has 1 heterocycles. The van der Waals surface area contributed by atoms with Gasteiger partial charge in [-0.2, -0.15) is 13.2 Å². The summed E-state index contributed by atoms with van der Waals surface area (Å²) in [5, 5.41) is 10.8. The number of aromatic nitrogens is 2. The van der Waals surface area contributed by atoms with E-state index < -0.39 is 29.9 Å². The Morgan fingerprint density at radius 3 is 2.50 bits per heavy atom. The van der Waals surface area contributed by atoms with Crippen LogP contribution in [0.25, 0.3) is 0 Å². The Labute approximate surface area is 154 Å². The maximum absolute atomic E-state index is 13.6. The van der Waals surface area contributed by atoms with Crippen LogP contribution in [0.4, 0.5) is 13.2 Å². The van der Waals surface area contributed by atoms with E-state index in [9.17, 15) is 23.1 Å². The van der Waals surface area contributed by atoms with Gasteiger partial charge in [0.1, 0.15) is 0 Å². The van der Waals surface area contributed by atoms with Crippen molar-refractivity contribution in [1.29, 1.82) is 0 Å². The summed E-state index contributed by atoms with van der Waals surface area (Å²) in [6.45, 7) is 1.85. The number of imidazole rings is 1. The highest BCUT2D eigenvalue weighted by Crippen LogP contribution is 2.41. The Bertz CT molecular complexity index is 779. The van der Waals surface area contributed by atoms with Crippen molar-refractivity contribution in [2.24, 2.45) is 7.05 Å². The number of nitrogens with zero attached hydrogens (tertiary/aromatic N) is 3. The molecule has 0 spiro atoms. The highest BCUT2D eigenvalue weighted by molar-refractivity contribution is 6.31. The van der Waals surface area contributed by atoms with Gasteiger partial charge in [-0.1, -0.05) is 29.8 Å². The van der Waals surface area contributed by atoms with Crippen LogP contribution in [0.1, 0.15) is 24.7 Å². The van der Waals surface area contributed by atoms with Crippen molar-refractivity contribution in [3.63, 3.8) is 0 Å². The lowest BCUT2D eigenvalue weighted by molar-refractivity contribution is -0.272. The van der Waals surface area contributed by atoms with Crippen molar-refractivity contribution < 1.29 is 23.1 Å². The molecule has 5 nitrogen and oxygen atoms in total. The Kier molecular flexibility index (Phi) is 5.98. The molecule has 1 atom stereocenters. The second-order valence-corrected chi connectivity index (χ2v) is 6.30. The van der Waals surface area contributed by atoms with Gasteiger partial charge in [0.25, 0.3) is 0 Å². The fourth-order valence-corrected chi connectivity index (χ4v) is 2.80. The van der Waals surface area contributed by atoms with E-state index in [2.05, 4.69) is 4.98 Å². The van der Waals surface area contributed by atoms with Gasteiger partial charge in [-0.05, 0) is 18.6 Å². The minimum absolute atomic E-state index is 0.0451. The van der Waals surface area contributed by atoms with Crippen LogP contribution in [-0.2, 0) is 24.0 Å². The zero-order chi connectivity index (χ0) is 19.5. The van der Waals surface area contributed by atoms with Gasteiger partial charge in [0, 0.05) is 37.6 Å². The van der Waals surface area contributed by atoms with E-state index in [0.29, 0.717) is 10.6 Å². The van der Waals surface area contributed by atoms with E-state index >= 15 is 0 Å². The van der Waals surface area contributed by atoms with Gasteiger partial charge in [0.05, 0.1) is 6.42 Å². The molecule has 0 radical (unpaired) electrons. The van der Waals surface area contributed by atoms with Crippen molar-refractivity contribution in [2.45, 2.75) is 31.7 Å². The fourth-order valence-electron chi connectivity index (χ4n) is 2.61. The molecule has 1 amide bonds. The molecule has 0 fully saturated rings. The van der Waals surface area contributed by atoms with Gasteiger partial charge in [-0.15, -0.1) is 0 Å². The Morgan fingerprint density at radius 1 is 1.35 bits per heavy atom. The second kappa shape index (κ2) is 7.67. The molecule has 1 N–H and O–H groups in total. The molecule has 26 heavy (non-hydrogen) atoms. The topological polar surface area (TPSA) is 58.4 Å². The third-order valence-electron chi connectivity index (χ3n) is 4.12. The number of halogens is 4. The fraction of sp³-hybridized carbons (Fsp3) is 0.412. The molecule has 2 rings (SSSR count). The summed E-state index contributed by atoms with van der Waals surface area (Å²) >= 11 is 6.06. The number of amides is 1. The van der Waals surface area contributed by atoms with Crippen LogP contribution in [0.3, 0.4) is 0 Å². The molecule has 1 unspecified atom stereocenters. The Morgan fingerprint density at radius 2 is 2.00 bits per heavy atom. The molecule has 1 aromatic heterocycles. The van der Waals surface area contributed by atoms with Crippen molar-refractivity contribution in [2.75, 3.05) is 6.54 Å². The van der Waals surface area contributed by atoms with Crippen molar-refractivity contribution in [3.05, 3.63) is 53.1 Å². The lowest BCUT2D eigenvalue weighted by Crippen LogP contribution is -2.48. The average Bonchev–Trinajstić information content (AvgIpc) is 2.99. The molecule has 0 bridgehead atoms. The lowest BCUT2D eigenvalue weighted by atomic mass is 9.96. The predicted octanol–water partition coefficient (Wildman–Crippen LogP) is 3.26. The smallest absolute Gasteiger partial charge is 0.374 e. The van der Waals surface area contributed by atoms with Crippen molar-refractivity contribution >= 4 is 17.5 Å². The standard InChI is InChI=1S/C17H19ClF3N3O2/c1-3-24(11-12-6-4-5-7-13(12)18)14(25)10-16(26,17(19,20)21)15-22-8-9-23(15)2/h4-9,26H,3,10-11H2,1-2H3. The molecule has 0 saturated heterocycles. The molecule has 9 heteroatoms. The minimum Gasteiger partial charge on any atom is -0.374 e. The van der Waals surface area contributed by atoms with E-state index in [1.54, 1.807) is 31.2 Å². The lowest BCUT2D eigenvalue weighted by Gasteiger charge is -2.31. The predicted molar refractivity (Wildman–Crippen MR) is 90.3 cm³/mol. The first-order chi connectivity index (χ1) is 12.1. The molecule has 0 aliphatic rings. The first-order valence-electron chi connectivity index (χ1n) is 7.88. The Balaban J connectivity index is 2.28. The Hall–Kier alpha value is -2.06. The third-order valence-corrected chi connectivity index (χ3v) is 4.49. The van der Waals surface area contributed by atoms with Gasteiger partial charge in [0.2, 0.25) is 11.5 Å². The molecule has 0 aliphatic heterocycles. The zero-order valence-electron chi connectivity index (χ0n) is 14.3. The largest absolute Gasteiger partial charge is 0.425 e. The third kappa shape index (κ3) is 4.02. The first kappa shape index (κ1) is 20.3. The van der Waals surface area contributed by atoms with Gasteiger partial charge >= 0.3 is 6.18 Å². The van der Waals surface area contributed by atoms with E-state index in [1.165, 1.54) is 18.1 Å². The molecule has 2 aromatic rings. The number of alkyl halides is 3. The molecule has 1 aromatic carbocycles. The van der Waals surface area contributed by atoms with Crippen LogP contribution in [-0.4, -0.2) is 38.2 Å². The maximum Gasteiger partial charge on any atom is 0.425 e. The average molecular weight is 390 g/mol. The molecule has 0 saturated carbocycles. The summed E-state index contributed by atoms with van der Waals surface area (Å²) in [5.41, 5.74) is -2.77. The number of carbonyl (C=O) groups excluding carboxylic acids is 1. The zero-order valence-corrected chi connectivity index (χ0v) is 15.1. The summed E-state index contributed by atoms with van der Waals surface area (Å²) in [6.07, 6.45) is -3.82. The number of carbonyl (C=O) groups is 1. The molecular formula is C17H19ClF3N3O2. The van der Waals surface area contributed by atoms with Gasteiger partial charge in [0.15, 0.2) is 5.82 Å². The van der Waals surface area contributed by atoms with E-state index in [0.717, 1.165) is 10.8 Å². The number of hydrogen-bond acceptors (Lipinski definition) is 3. The number of rotatable bonds is 6. The van der Waals surface area contributed by atoms with E-state index in [1.807, 2.05) is 0 Å². The number of hydrogen-bond donors (Lipinski definition) is 1. The monoisotopic (exact) mass is 389 g/mol. The molecule has 0 aliphatic carbocycles. The summed E-state index contributed by atoms with van der Waals surface area (Å²) in [7, 11) is 1.32. The SMILES string of the molecule is CCN(Cc1ccccc1Cl)C(=O)CC(O)(c1nccn1C)C(F)(F)F. The van der Waals surface area contributed by atoms with Gasteiger partial charge in [-0.3, -0.25) is 4.79 Å². The normalized spacial score (nSPS) is 14.1. The summed E-state index contributed by atoms with van der Waals surface area (Å²) in [5.74, 6) is -1.48. The van der Waals surface area contributed by atoms with Crippen molar-refractivity contribution in [1.82, 2.24) is 14.5 Å². The summed E-state index contributed by atoms with van der Waals surface area (Å²) in [4.78, 5) is 17.3. The van der Waals surface area contributed by atoms with Crippen LogP contribution in [0.15, 0.2) is 36.7 Å². The summed E-state index contributed by atoms with van der Waals surface area (Å²) in [6, 6.07) is 6.76. The highest BCUT2D eigenvalue weighted by atomic mass is 35.5. The number of aliphatic hydroxyl groups is 1. The van der Waals surface area contributed by atoms with E-state index in [4.69, 9.17) is 11.6 Å². The minimum atomic E-state index is -5.06. The number of aryl methyl sites for hydroxylation is 1. The van der Waals surface area contributed by atoms with Crippen molar-refractivity contribution in [3.8, 4) is 0 Å². The van der Waals surface area contributed by atoms with Crippen LogP contribution in [0, 0.1) is 0 Å². The van der Waals surface area contributed by atoms with Crippen LogP contribution in [0.5, 0.6) is 0 Å². The molecular weight excluding hydrogens is 371 g/mol. The number of benzene rings is 1. The van der Waals surface area contributed by atoms with Crippen LogP contribution in [0.2, 0.25) is 5.02 Å². The quantitative estimate of drug-likeness (QED) is 0.825. The second-order valence-electron chi connectivity index (χ2n) is 5.90. The maximum atomic E-state index is 13.6. The highest BCUT2D eigenvalue weighted by Gasteiger charge is 2.59.